The Hall–Kier alpha value is -2.36. The quantitative estimate of drug-likeness (QED) is 0.696. The third-order valence-corrected chi connectivity index (χ3v) is 5.45. The molecule has 0 saturated carbocycles. The van der Waals surface area contributed by atoms with Crippen molar-refractivity contribution >= 4 is 38.8 Å². The minimum Gasteiger partial charge on any atom is -0.550 e. The number of carboxylic acids is 1. The van der Waals surface area contributed by atoms with Gasteiger partial charge in [-0.25, -0.2) is 13.1 Å². The first kappa shape index (κ1) is 16.5. The molecule has 0 radical (unpaired) electrons. The second-order valence-corrected chi connectivity index (χ2v) is 7.26. The maximum absolute atomic E-state index is 12.7. The molecule has 1 aromatic heterocycles. The summed E-state index contributed by atoms with van der Waals surface area (Å²) in [6.45, 7) is 0. The smallest absolute Gasteiger partial charge is 0.243 e. The van der Waals surface area contributed by atoms with E-state index in [-0.39, 0.29) is 10.4 Å². The summed E-state index contributed by atoms with van der Waals surface area (Å²) >= 11 is 0.913. The summed E-state index contributed by atoms with van der Waals surface area (Å²) in [5.74, 6) is -1.35. The summed E-state index contributed by atoms with van der Waals surface area (Å²) in [4.78, 5) is 11.0. The van der Waals surface area contributed by atoms with Gasteiger partial charge in [0.25, 0.3) is 0 Å². The molecule has 0 fully saturated rings. The van der Waals surface area contributed by atoms with E-state index >= 15 is 0 Å². The number of sulfonamides is 1. The summed E-state index contributed by atoms with van der Waals surface area (Å²) in [5.41, 5.74) is 1.27. The van der Waals surface area contributed by atoms with Crippen LogP contribution in [0.1, 0.15) is 18.0 Å². The first-order chi connectivity index (χ1) is 11.5. The molecule has 2 aromatic carbocycles. The molecule has 3 rings (SSSR count). The number of hydrogen-bond acceptors (Lipinski definition) is 7. The zero-order chi connectivity index (χ0) is 17.2. The number of carbonyl (C=O) groups is 1. The van der Waals surface area contributed by atoms with Crippen LogP contribution in [-0.4, -0.2) is 23.1 Å². The van der Waals surface area contributed by atoms with E-state index in [2.05, 4.69) is 13.5 Å². The van der Waals surface area contributed by atoms with E-state index < -0.39 is 28.5 Å². The Morgan fingerprint density at radius 2 is 1.88 bits per heavy atom. The molecular weight excluding hydrogens is 350 g/mol. The largest absolute Gasteiger partial charge is 0.550 e. The summed E-state index contributed by atoms with van der Waals surface area (Å²) in [6, 6.07) is 12.2. The Labute approximate surface area is 142 Å². The zero-order valence-corrected chi connectivity index (χ0v) is 13.9. The number of nitrogens with one attached hydrogen (secondary N) is 1. The molecule has 3 aromatic rings. The average molecular weight is 362 g/mol. The normalized spacial score (nSPS) is 13.0. The molecule has 1 heterocycles. The molecule has 1 N–H and O–H groups in total. The minimum atomic E-state index is -3.99. The molecule has 24 heavy (non-hydrogen) atoms. The van der Waals surface area contributed by atoms with E-state index in [1.165, 1.54) is 6.07 Å². The maximum Gasteiger partial charge on any atom is 0.243 e. The van der Waals surface area contributed by atoms with Crippen LogP contribution >= 0.6 is 11.7 Å². The highest BCUT2D eigenvalue weighted by atomic mass is 32.2. The van der Waals surface area contributed by atoms with Crippen molar-refractivity contribution in [2.75, 3.05) is 0 Å². The third-order valence-electron chi connectivity index (χ3n) is 3.41. The first-order valence-electron chi connectivity index (χ1n) is 6.96. The molecule has 124 valence electrons. The molecule has 0 aliphatic carbocycles. The molecule has 0 amide bonds. The molecule has 0 aliphatic rings. The number of carboxylic acid groups (broad SMARTS) is 1. The van der Waals surface area contributed by atoms with Crippen LogP contribution in [0.2, 0.25) is 0 Å². The molecule has 0 bridgehead atoms. The number of fused-ring (bicyclic) bond motifs is 1. The molecular formula is C15H12N3O4S2-. The predicted molar refractivity (Wildman–Crippen MR) is 86.5 cm³/mol. The van der Waals surface area contributed by atoms with Crippen molar-refractivity contribution in [2.45, 2.75) is 17.4 Å². The van der Waals surface area contributed by atoms with Gasteiger partial charge in [-0.3, -0.25) is 0 Å². The Morgan fingerprint density at radius 3 is 2.58 bits per heavy atom. The number of nitrogens with zero attached hydrogens (tertiary/aromatic N) is 2. The number of aromatic nitrogens is 2. The van der Waals surface area contributed by atoms with Gasteiger partial charge in [0.2, 0.25) is 10.0 Å². The van der Waals surface area contributed by atoms with Crippen LogP contribution in [0.5, 0.6) is 0 Å². The number of aliphatic carboxylic acids is 1. The number of rotatable bonds is 6. The fourth-order valence-corrected chi connectivity index (χ4v) is 4.32. The first-order valence-corrected chi connectivity index (χ1v) is 9.17. The summed E-state index contributed by atoms with van der Waals surface area (Å²) < 4.78 is 35.9. The van der Waals surface area contributed by atoms with E-state index in [9.17, 15) is 18.3 Å². The van der Waals surface area contributed by atoms with Crippen LogP contribution in [0.4, 0.5) is 0 Å². The number of hydrogen-bond donors (Lipinski definition) is 1. The molecule has 0 spiro atoms. The van der Waals surface area contributed by atoms with Crippen LogP contribution in [0.25, 0.3) is 11.0 Å². The predicted octanol–water partition coefficient (Wildman–Crippen LogP) is 0.851. The van der Waals surface area contributed by atoms with Gasteiger partial charge >= 0.3 is 0 Å². The monoisotopic (exact) mass is 362 g/mol. The molecule has 7 nitrogen and oxygen atoms in total. The van der Waals surface area contributed by atoms with Crippen LogP contribution in [-0.2, 0) is 14.8 Å². The van der Waals surface area contributed by atoms with Crippen molar-refractivity contribution in [3.8, 4) is 0 Å². The Bertz CT molecular complexity index is 971. The highest BCUT2D eigenvalue weighted by Gasteiger charge is 2.24. The van der Waals surface area contributed by atoms with Crippen LogP contribution in [0.3, 0.4) is 0 Å². The standard InChI is InChI=1S/C15H13N3O4S2/c19-14(20)9-12(10-5-2-1-3-6-10)18-24(21,22)13-8-4-7-11-15(13)17-23-16-11/h1-8,12,18H,9H2,(H,19,20)/p-1/t12-/m1/s1. The van der Waals surface area contributed by atoms with Gasteiger partial charge in [-0.2, -0.15) is 8.75 Å². The van der Waals surface area contributed by atoms with Crippen molar-refractivity contribution in [1.82, 2.24) is 13.5 Å². The fourth-order valence-electron chi connectivity index (χ4n) is 2.33. The van der Waals surface area contributed by atoms with Gasteiger partial charge in [0, 0.05) is 12.4 Å². The van der Waals surface area contributed by atoms with Gasteiger partial charge in [-0.1, -0.05) is 36.4 Å². The highest BCUT2D eigenvalue weighted by molar-refractivity contribution is 7.89. The summed E-state index contributed by atoms with van der Waals surface area (Å²) in [7, 11) is -3.99. The van der Waals surface area contributed by atoms with Crippen LogP contribution in [0, 0.1) is 0 Å². The van der Waals surface area contributed by atoms with E-state index in [1.54, 1.807) is 42.5 Å². The molecule has 0 unspecified atom stereocenters. The van der Waals surface area contributed by atoms with Crippen LogP contribution in [0.15, 0.2) is 53.4 Å². The van der Waals surface area contributed by atoms with E-state index in [0.29, 0.717) is 11.1 Å². The number of benzene rings is 2. The lowest BCUT2D eigenvalue weighted by Gasteiger charge is -2.19. The highest BCUT2D eigenvalue weighted by Crippen LogP contribution is 2.24. The van der Waals surface area contributed by atoms with Gasteiger partial charge in [-0.15, -0.1) is 0 Å². The van der Waals surface area contributed by atoms with Crippen molar-refractivity contribution in [1.29, 1.82) is 0 Å². The minimum absolute atomic E-state index is 0.0342. The van der Waals surface area contributed by atoms with Gasteiger partial charge in [0.1, 0.15) is 15.9 Å². The lowest BCUT2D eigenvalue weighted by atomic mass is 10.1. The Balaban J connectivity index is 1.99. The summed E-state index contributed by atoms with van der Waals surface area (Å²) in [5, 5.41) is 11.0. The Morgan fingerprint density at radius 1 is 1.12 bits per heavy atom. The lowest BCUT2D eigenvalue weighted by Crippen LogP contribution is -2.34. The van der Waals surface area contributed by atoms with Crippen molar-refractivity contribution in [3.63, 3.8) is 0 Å². The van der Waals surface area contributed by atoms with Crippen molar-refractivity contribution in [2.24, 2.45) is 0 Å². The van der Waals surface area contributed by atoms with Crippen molar-refractivity contribution in [3.05, 3.63) is 54.1 Å². The van der Waals surface area contributed by atoms with Gasteiger partial charge in [-0.05, 0) is 17.7 Å². The topological polar surface area (TPSA) is 112 Å². The fraction of sp³-hybridized carbons (Fsp3) is 0.133. The zero-order valence-electron chi connectivity index (χ0n) is 12.2. The van der Waals surface area contributed by atoms with Crippen molar-refractivity contribution < 1.29 is 18.3 Å². The summed E-state index contributed by atoms with van der Waals surface area (Å²) in [6.07, 6.45) is -0.478. The second kappa shape index (κ2) is 6.63. The second-order valence-electron chi connectivity index (χ2n) is 5.05. The molecule has 0 saturated heterocycles. The van der Waals surface area contributed by atoms with Gasteiger partial charge < -0.3 is 9.90 Å². The lowest BCUT2D eigenvalue weighted by molar-refractivity contribution is -0.306. The average Bonchev–Trinajstić information content (AvgIpc) is 3.02. The number of carbonyl (C=O) groups excluding carboxylic acids is 1. The molecule has 9 heteroatoms. The maximum atomic E-state index is 12.7. The third kappa shape index (κ3) is 3.42. The molecule has 0 aliphatic heterocycles. The molecule has 1 atom stereocenters. The van der Waals surface area contributed by atoms with Gasteiger partial charge in [0.15, 0.2) is 0 Å². The van der Waals surface area contributed by atoms with Crippen LogP contribution < -0.4 is 9.83 Å². The Kier molecular flexibility index (Phi) is 4.56. The van der Waals surface area contributed by atoms with E-state index in [1.807, 2.05) is 0 Å². The van der Waals surface area contributed by atoms with Gasteiger partial charge in [0.05, 0.1) is 17.8 Å². The van der Waals surface area contributed by atoms with E-state index in [4.69, 9.17) is 0 Å². The van der Waals surface area contributed by atoms with E-state index in [0.717, 1.165) is 11.7 Å². The SMILES string of the molecule is O=C([O-])C[C@@H](NS(=O)(=O)c1cccc2nsnc12)c1ccccc1.